The van der Waals surface area contributed by atoms with Crippen molar-refractivity contribution in [1.82, 2.24) is 0 Å². The molecular weight excluding hydrogens is 266 g/mol. The number of nitro groups is 1. The van der Waals surface area contributed by atoms with Gasteiger partial charge in [0.2, 0.25) is 6.54 Å². The Kier molecular flexibility index (Phi) is 6.41. The first kappa shape index (κ1) is 15.7. The van der Waals surface area contributed by atoms with Gasteiger partial charge < -0.3 is 4.74 Å². The highest BCUT2D eigenvalue weighted by molar-refractivity contribution is 5.13. The van der Waals surface area contributed by atoms with Crippen LogP contribution in [0.4, 0.5) is 0 Å². The Labute approximate surface area is 126 Å². The molecule has 0 heterocycles. The summed E-state index contributed by atoms with van der Waals surface area (Å²) in [5.74, 6) is 0.917. The van der Waals surface area contributed by atoms with Gasteiger partial charge in [-0.15, -0.1) is 0 Å². The van der Waals surface area contributed by atoms with Gasteiger partial charge in [0.1, 0.15) is 0 Å². The van der Waals surface area contributed by atoms with Crippen LogP contribution in [-0.4, -0.2) is 18.1 Å². The molecule has 0 aromatic heterocycles. The number of benzene rings is 1. The van der Waals surface area contributed by atoms with Crippen molar-refractivity contribution in [2.45, 2.75) is 32.3 Å². The molecule has 0 saturated carbocycles. The van der Waals surface area contributed by atoms with E-state index >= 15 is 0 Å². The lowest BCUT2D eigenvalue weighted by atomic mass is 9.82. The zero-order chi connectivity index (χ0) is 14.9. The van der Waals surface area contributed by atoms with E-state index in [0.29, 0.717) is 24.9 Å². The monoisotopic (exact) mass is 289 g/mol. The second-order valence-corrected chi connectivity index (χ2v) is 5.63. The van der Waals surface area contributed by atoms with E-state index < -0.39 is 0 Å². The highest BCUT2D eigenvalue weighted by Crippen LogP contribution is 2.29. The molecule has 4 nitrogen and oxygen atoms in total. The van der Waals surface area contributed by atoms with Crippen LogP contribution in [0.3, 0.4) is 0 Å². The van der Waals surface area contributed by atoms with Crippen molar-refractivity contribution in [3.05, 3.63) is 58.2 Å². The van der Waals surface area contributed by atoms with Gasteiger partial charge in [-0.2, -0.15) is 0 Å². The number of hydrogen-bond acceptors (Lipinski definition) is 3. The van der Waals surface area contributed by atoms with Gasteiger partial charge in [0, 0.05) is 11.3 Å². The molecule has 0 saturated heterocycles. The van der Waals surface area contributed by atoms with Crippen molar-refractivity contribution in [3.8, 4) is 0 Å². The van der Waals surface area contributed by atoms with Crippen LogP contribution < -0.4 is 0 Å². The molecule has 1 aromatic carbocycles. The fourth-order valence-corrected chi connectivity index (χ4v) is 2.85. The second-order valence-electron chi connectivity index (χ2n) is 5.63. The van der Waals surface area contributed by atoms with Gasteiger partial charge in [-0.05, 0) is 36.7 Å². The topological polar surface area (TPSA) is 52.4 Å². The molecule has 0 radical (unpaired) electrons. The Morgan fingerprint density at radius 1 is 1.29 bits per heavy atom. The SMILES string of the molecule is O=[N+]([O-])CCC[C@@H]1C=CCC[C@@H]1COCc1ccccc1. The third kappa shape index (κ3) is 5.68. The minimum Gasteiger partial charge on any atom is -0.376 e. The fourth-order valence-electron chi connectivity index (χ4n) is 2.85. The largest absolute Gasteiger partial charge is 0.376 e. The molecule has 1 aromatic rings. The first-order valence-corrected chi connectivity index (χ1v) is 7.66. The lowest BCUT2D eigenvalue weighted by Gasteiger charge is -2.27. The molecule has 2 rings (SSSR count). The molecule has 0 fully saturated rings. The maximum absolute atomic E-state index is 10.4. The van der Waals surface area contributed by atoms with Crippen LogP contribution in [0, 0.1) is 22.0 Å². The van der Waals surface area contributed by atoms with Crippen molar-refractivity contribution in [1.29, 1.82) is 0 Å². The molecule has 0 amide bonds. The molecule has 1 aliphatic carbocycles. The van der Waals surface area contributed by atoms with Gasteiger partial charge in [-0.3, -0.25) is 10.1 Å². The predicted molar refractivity (Wildman–Crippen MR) is 82.5 cm³/mol. The average Bonchev–Trinajstić information content (AvgIpc) is 2.49. The summed E-state index contributed by atoms with van der Waals surface area (Å²) in [5.41, 5.74) is 1.19. The van der Waals surface area contributed by atoms with Crippen molar-refractivity contribution < 1.29 is 9.66 Å². The molecular formula is C17H23NO3. The first-order chi connectivity index (χ1) is 10.3. The van der Waals surface area contributed by atoms with Crippen molar-refractivity contribution in [2.75, 3.05) is 13.2 Å². The molecule has 0 N–H and O–H groups in total. The van der Waals surface area contributed by atoms with Crippen LogP contribution >= 0.6 is 0 Å². The smallest absolute Gasteiger partial charge is 0.203 e. The normalized spacial score (nSPS) is 21.3. The molecule has 1 aliphatic rings. The number of allylic oxidation sites excluding steroid dienone is 2. The van der Waals surface area contributed by atoms with Gasteiger partial charge in [0.05, 0.1) is 13.2 Å². The second kappa shape index (κ2) is 8.57. The summed E-state index contributed by atoms with van der Waals surface area (Å²) < 4.78 is 5.85. The first-order valence-electron chi connectivity index (χ1n) is 7.66. The summed E-state index contributed by atoms with van der Waals surface area (Å²) in [7, 11) is 0. The van der Waals surface area contributed by atoms with E-state index in [0.717, 1.165) is 25.9 Å². The number of nitrogens with zero attached hydrogens (tertiary/aromatic N) is 1. The summed E-state index contributed by atoms with van der Waals surface area (Å²) in [6, 6.07) is 10.2. The van der Waals surface area contributed by atoms with Gasteiger partial charge in [0.15, 0.2) is 0 Å². The number of rotatable bonds is 8. The Bertz CT molecular complexity index is 458. The maximum atomic E-state index is 10.4. The molecule has 21 heavy (non-hydrogen) atoms. The Morgan fingerprint density at radius 2 is 2.10 bits per heavy atom. The zero-order valence-electron chi connectivity index (χ0n) is 12.3. The lowest BCUT2D eigenvalue weighted by molar-refractivity contribution is -0.480. The Hall–Kier alpha value is -1.68. The van der Waals surface area contributed by atoms with Crippen molar-refractivity contribution in [2.24, 2.45) is 11.8 Å². The third-order valence-corrected chi connectivity index (χ3v) is 4.01. The fraction of sp³-hybridized carbons (Fsp3) is 0.529. The van der Waals surface area contributed by atoms with E-state index in [1.807, 2.05) is 18.2 Å². The lowest BCUT2D eigenvalue weighted by Crippen LogP contribution is -2.22. The summed E-state index contributed by atoms with van der Waals surface area (Å²) in [4.78, 5) is 10.2. The van der Waals surface area contributed by atoms with Crippen LogP contribution in [0.15, 0.2) is 42.5 Å². The minimum atomic E-state index is -0.229. The van der Waals surface area contributed by atoms with Gasteiger partial charge >= 0.3 is 0 Å². The third-order valence-electron chi connectivity index (χ3n) is 4.01. The molecule has 0 bridgehead atoms. The van der Waals surface area contributed by atoms with E-state index in [9.17, 15) is 10.1 Å². The molecule has 114 valence electrons. The highest BCUT2D eigenvalue weighted by Gasteiger charge is 2.22. The summed E-state index contributed by atoms with van der Waals surface area (Å²) in [6.07, 6.45) is 8.16. The average molecular weight is 289 g/mol. The van der Waals surface area contributed by atoms with E-state index in [2.05, 4.69) is 24.3 Å². The van der Waals surface area contributed by atoms with Crippen molar-refractivity contribution in [3.63, 3.8) is 0 Å². The van der Waals surface area contributed by atoms with E-state index in [-0.39, 0.29) is 11.5 Å². The van der Waals surface area contributed by atoms with Gasteiger partial charge in [-0.1, -0.05) is 42.5 Å². The molecule has 0 spiro atoms. The van der Waals surface area contributed by atoms with Gasteiger partial charge in [-0.25, -0.2) is 0 Å². The zero-order valence-corrected chi connectivity index (χ0v) is 12.3. The van der Waals surface area contributed by atoms with Gasteiger partial charge in [0.25, 0.3) is 0 Å². The van der Waals surface area contributed by atoms with Crippen LogP contribution in [0.5, 0.6) is 0 Å². The van der Waals surface area contributed by atoms with Crippen LogP contribution in [0.2, 0.25) is 0 Å². The Balaban J connectivity index is 1.74. The predicted octanol–water partition coefficient (Wildman–Crippen LogP) is 3.84. The van der Waals surface area contributed by atoms with E-state index in [1.165, 1.54) is 5.56 Å². The summed E-state index contributed by atoms with van der Waals surface area (Å²) in [6.45, 7) is 1.45. The molecule has 0 unspecified atom stereocenters. The quantitative estimate of drug-likeness (QED) is 0.415. The molecule has 2 atom stereocenters. The molecule has 0 aliphatic heterocycles. The molecule has 4 heteroatoms. The highest BCUT2D eigenvalue weighted by atomic mass is 16.6. The van der Waals surface area contributed by atoms with Crippen molar-refractivity contribution >= 4 is 0 Å². The Morgan fingerprint density at radius 3 is 2.86 bits per heavy atom. The van der Waals surface area contributed by atoms with E-state index in [1.54, 1.807) is 0 Å². The minimum absolute atomic E-state index is 0.0714. The van der Waals surface area contributed by atoms with Crippen LogP contribution in [0.25, 0.3) is 0 Å². The van der Waals surface area contributed by atoms with Crippen LogP contribution in [-0.2, 0) is 11.3 Å². The standard InChI is InChI=1S/C17H23NO3/c19-18(20)12-6-11-16-9-4-5-10-17(16)14-21-13-15-7-2-1-3-8-15/h1-4,7-9,16-17H,5-6,10-14H2/t16-,17+/m0/s1. The summed E-state index contributed by atoms with van der Waals surface area (Å²) in [5, 5.41) is 10.4. The number of ether oxygens (including phenoxy) is 1. The van der Waals surface area contributed by atoms with Crippen LogP contribution in [0.1, 0.15) is 31.2 Å². The van der Waals surface area contributed by atoms with E-state index in [4.69, 9.17) is 4.74 Å². The maximum Gasteiger partial charge on any atom is 0.203 e. The summed E-state index contributed by atoms with van der Waals surface area (Å²) >= 11 is 0. The number of hydrogen-bond donors (Lipinski definition) is 0.